The molecule has 0 aliphatic carbocycles. The number of fused-ring (bicyclic) bond motifs is 1. The minimum absolute atomic E-state index is 0.221. The zero-order chi connectivity index (χ0) is 27.7. The lowest BCUT2D eigenvalue weighted by Crippen LogP contribution is -2.46. The number of carbonyl (C=O) groups is 1. The molecule has 1 amide bonds. The van der Waals surface area contributed by atoms with Gasteiger partial charge in [0.25, 0.3) is 0 Å². The van der Waals surface area contributed by atoms with Crippen molar-refractivity contribution in [3.8, 4) is 0 Å². The molecule has 3 heterocycles. The number of benzene rings is 1. The summed E-state index contributed by atoms with van der Waals surface area (Å²) in [5.74, 6) is -2.03. The van der Waals surface area contributed by atoms with Crippen molar-refractivity contribution in [2.45, 2.75) is 103 Å². The van der Waals surface area contributed by atoms with Gasteiger partial charge in [-0.1, -0.05) is 50.3 Å². The molecular weight excluding hydrogens is 498 g/mol. The number of likely N-dealkylation sites (tertiary alicyclic amines) is 1. The number of amides is 1. The average molecular weight is 548 g/mol. The molecule has 220 valence electrons. The first-order valence-electron chi connectivity index (χ1n) is 14.9. The molecular formula is C30H49N3O6. The molecule has 39 heavy (non-hydrogen) atoms. The predicted molar refractivity (Wildman–Crippen MR) is 151 cm³/mol. The Kier molecular flexibility index (Phi) is 11.0. The molecule has 3 aliphatic heterocycles. The number of hydrogen-bond donors (Lipinski definition) is 2. The second-order valence-corrected chi connectivity index (χ2v) is 11.6. The smallest absolute Gasteiger partial charge is 0.412 e. The van der Waals surface area contributed by atoms with Gasteiger partial charge in [0.1, 0.15) is 12.7 Å². The van der Waals surface area contributed by atoms with Gasteiger partial charge in [0.05, 0.1) is 0 Å². The molecule has 0 bridgehead atoms. The van der Waals surface area contributed by atoms with E-state index in [9.17, 15) is 4.79 Å². The lowest BCUT2D eigenvalue weighted by Gasteiger charge is -2.29. The van der Waals surface area contributed by atoms with E-state index in [1.807, 2.05) is 45.0 Å². The van der Waals surface area contributed by atoms with Crippen molar-refractivity contribution < 1.29 is 28.5 Å². The summed E-state index contributed by atoms with van der Waals surface area (Å²) >= 11 is 0. The molecule has 0 saturated carbocycles. The van der Waals surface area contributed by atoms with Crippen molar-refractivity contribution in [1.82, 2.24) is 10.2 Å². The van der Waals surface area contributed by atoms with Crippen molar-refractivity contribution in [2.75, 3.05) is 51.3 Å². The number of nitrogens with one attached hydrogen (secondary N) is 2. The van der Waals surface area contributed by atoms with E-state index in [0.29, 0.717) is 18.8 Å². The summed E-state index contributed by atoms with van der Waals surface area (Å²) in [5.41, 5.74) is 1.79. The van der Waals surface area contributed by atoms with Crippen LogP contribution in [-0.2, 0) is 23.7 Å². The summed E-state index contributed by atoms with van der Waals surface area (Å²) in [6.07, 6.45) is 6.09. The van der Waals surface area contributed by atoms with Crippen molar-refractivity contribution in [3.63, 3.8) is 0 Å². The van der Waals surface area contributed by atoms with E-state index in [0.717, 1.165) is 44.6 Å². The number of rotatable bonds is 15. The highest BCUT2D eigenvalue weighted by molar-refractivity contribution is 5.84. The van der Waals surface area contributed by atoms with Crippen LogP contribution in [0.4, 0.5) is 10.5 Å². The first-order valence-corrected chi connectivity index (χ1v) is 14.9. The van der Waals surface area contributed by atoms with Crippen LogP contribution in [0.2, 0.25) is 0 Å². The number of ether oxygens (including phenoxy) is 5. The molecule has 2 N–H and O–H groups in total. The van der Waals surface area contributed by atoms with E-state index in [-0.39, 0.29) is 6.61 Å². The zero-order valence-electron chi connectivity index (χ0n) is 24.3. The van der Waals surface area contributed by atoms with Crippen LogP contribution >= 0.6 is 0 Å². The van der Waals surface area contributed by atoms with Gasteiger partial charge in [-0.25, -0.2) is 4.79 Å². The molecule has 9 nitrogen and oxygen atoms in total. The van der Waals surface area contributed by atoms with Crippen molar-refractivity contribution in [1.29, 1.82) is 0 Å². The number of aryl methyl sites for hydroxylation is 1. The van der Waals surface area contributed by atoms with Gasteiger partial charge < -0.3 is 33.9 Å². The lowest BCUT2D eigenvalue weighted by molar-refractivity contribution is -0.277. The molecule has 9 heteroatoms. The zero-order valence-corrected chi connectivity index (χ0v) is 24.3. The van der Waals surface area contributed by atoms with E-state index >= 15 is 0 Å². The highest BCUT2D eigenvalue weighted by Gasteiger charge is 2.66. The minimum atomic E-state index is -1.14. The maximum Gasteiger partial charge on any atom is 0.412 e. The van der Waals surface area contributed by atoms with E-state index in [2.05, 4.69) is 22.5 Å². The molecule has 0 aromatic heterocycles. The Bertz CT molecular complexity index is 891. The molecule has 0 radical (unpaired) electrons. The third-order valence-corrected chi connectivity index (χ3v) is 7.66. The fraction of sp³-hybridized carbons (Fsp3) is 0.767. The Morgan fingerprint density at radius 3 is 2.56 bits per heavy atom. The Morgan fingerprint density at radius 1 is 1.08 bits per heavy atom. The van der Waals surface area contributed by atoms with E-state index in [4.69, 9.17) is 23.7 Å². The summed E-state index contributed by atoms with van der Waals surface area (Å²) < 4.78 is 31.3. The lowest BCUT2D eigenvalue weighted by atomic mass is 10.1. The highest BCUT2D eigenvalue weighted by Crippen LogP contribution is 2.46. The molecule has 3 aliphatic rings. The summed E-state index contributed by atoms with van der Waals surface area (Å²) in [4.78, 5) is 15.5. The topological polar surface area (TPSA) is 90.5 Å². The van der Waals surface area contributed by atoms with Gasteiger partial charge in [-0.3, -0.25) is 5.32 Å². The average Bonchev–Trinajstić information content (AvgIpc) is 3.57. The minimum Gasteiger partial charge on any atom is -0.440 e. The van der Waals surface area contributed by atoms with Crippen LogP contribution in [0.25, 0.3) is 0 Å². The van der Waals surface area contributed by atoms with Crippen LogP contribution in [0.5, 0.6) is 0 Å². The van der Waals surface area contributed by atoms with Crippen molar-refractivity contribution >= 4 is 11.8 Å². The first-order chi connectivity index (χ1) is 18.8. The summed E-state index contributed by atoms with van der Waals surface area (Å²) in [7, 11) is 0. The standard InChI is InChI=1S/C30H49N3O6/c1-5-6-7-8-11-20-35-22-30-27(38-29(3,4)39-30)26(36-28(34)32-24-14-12-23(2)13-15-24)25(37-30)21-31-16-19-33-17-9-10-18-33/h12-15,25-27,31H,5-11,16-22H2,1-4H3,(H,32,34)/t25-,26+,27-,30-/m0/s1. The van der Waals surface area contributed by atoms with Crippen LogP contribution in [0.15, 0.2) is 24.3 Å². The van der Waals surface area contributed by atoms with Gasteiger partial charge in [0.15, 0.2) is 18.0 Å². The largest absolute Gasteiger partial charge is 0.440 e. The monoisotopic (exact) mass is 547 g/mol. The molecule has 1 aromatic rings. The van der Waals surface area contributed by atoms with Gasteiger partial charge in [0, 0.05) is 31.9 Å². The maximum absolute atomic E-state index is 13.0. The third-order valence-electron chi connectivity index (χ3n) is 7.66. The summed E-state index contributed by atoms with van der Waals surface area (Å²) in [5, 5.41) is 6.35. The fourth-order valence-electron chi connectivity index (χ4n) is 5.68. The molecule has 0 unspecified atom stereocenters. The Balaban J connectivity index is 1.39. The number of carbonyl (C=O) groups excluding carboxylic acids is 1. The number of nitrogens with zero attached hydrogens (tertiary/aromatic N) is 1. The Hall–Kier alpha value is -1.75. The summed E-state index contributed by atoms with van der Waals surface area (Å²) in [6, 6.07) is 7.61. The molecule has 0 spiro atoms. The highest BCUT2D eigenvalue weighted by atomic mass is 16.9. The third kappa shape index (κ3) is 8.62. The normalized spacial score (nSPS) is 28.1. The van der Waals surface area contributed by atoms with Crippen LogP contribution in [-0.4, -0.2) is 86.8 Å². The van der Waals surface area contributed by atoms with Crippen LogP contribution < -0.4 is 10.6 Å². The van der Waals surface area contributed by atoms with E-state index < -0.39 is 36.0 Å². The summed E-state index contributed by atoms with van der Waals surface area (Å²) in [6.45, 7) is 13.4. The molecule has 4 atom stereocenters. The molecule has 1 aromatic carbocycles. The molecule has 3 saturated heterocycles. The maximum atomic E-state index is 13.0. The van der Waals surface area contributed by atoms with Crippen LogP contribution in [0, 0.1) is 6.92 Å². The van der Waals surface area contributed by atoms with Gasteiger partial charge >= 0.3 is 6.09 Å². The van der Waals surface area contributed by atoms with Crippen LogP contribution in [0.3, 0.4) is 0 Å². The van der Waals surface area contributed by atoms with Gasteiger partial charge in [-0.05, 0) is 65.3 Å². The van der Waals surface area contributed by atoms with E-state index in [1.165, 1.54) is 32.1 Å². The molecule has 4 rings (SSSR count). The van der Waals surface area contributed by atoms with Crippen molar-refractivity contribution in [2.24, 2.45) is 0 Å². The van der Waals surface area contributed by atoms with Gasteiger partial charge in [0.2, 0.25) is 5.79 Å². The van der Waals surface area contributed by atoms with E-state index in [1.54, 1.807) is 0 Å². The number of anilines is 1. The van der Waals surface area contributed by atoms with Gasteiger partial charge in [-0.2, -0.15) is 0 Å². The SMILES string of the molecule is CCCCCCCOC[C@@]12O[C@@H](CNCCN3CCCC3)[C@@H](OC(=O)Nc3ccc(C)cc3)[C@@H]1OC(C)(C)O2. The number of unbranched alkanes of at least 4 members (excludes halogenated alkanes) is 4. The quantitative estimate of drug-likeness (QED) is 0.302. The second kappa shape index (κ2) is 14.2. The number of hydrogen-bond acceptors (Lipinski definition) is 8. The van der Waals surface area contributed by atoms with Crippen LogP contribution in [0.1, 0.15) is 71.3 Å². The second-order valence-electron chi connectivity index (χ2n) is 11.6. The van der Waals surface area contributed by atoms with Gasteiger partial charge in [-0.15, -0.1) is 0 Å². The fourth-order valence-corrected chi connectivity index (χ4v) is 5.68. The molecule has 3 fully saturated rings. The van der Waals surface area contributed by atoms with Crippen molar-refractivity contribution in [3.05, 3.63) is 29.8 Å². The predicted octanol–water partition coefficient (Wildman–Crippen LogP) is 4.83. The Morgan fingerprint density at radius 2 is 1.82 bits per heavy atom. The first kappa shape index (κ1) is 30.2. The Labute approximate surface area is 234 Å².